The van der Waals surface area contributed by atoms with Crippen LogP contribution in [0.4, 0.5) is 5.69 Å². The highest BCUT2D eigenvalue weighted by molar-refractivity contribution is 7.89. The number of rotatable bonds is 3. The van der Waals surface area contributed by atoms with Crippen molar-refractivity contribution in [3.8, 4) is 0 Å². The molecule has 0 bridgehead atoms. The van der Waals surface area contributed by atoms with Crippen molar-refractivity contribution in [3.63, 3.8) is 0 Å². The standard InChI is InChI=1S/C14H20N2O3S/c1-6-16-12-8-7-10(20(18,19)15(4)5)9-11(12)14(2,3)13(16)17/h7-9H,6H2,1-5H3. The largest absolute Gasteiger partial charge is 0.312 e. The van der Waals surface area contributed by atoms with Crippen molar-refractivity contribution in [1.82, 2.24) is 4.31 Å². The molecule has 0 fully saturated rings. The molecule has 0 radical (unpaired) electrons. The number of likely N-dealkylation sites (N-methyl/N-ethyl adjacent to an activating group) is 1. The van der Waals surface area contributed by atoms with E-state index < -0.39 is 15.4 Å². The van der Waals surface area contributed by atoms with Crippen molar-refractivity contribution in [3.05, 3.63) is 23.8 Å². The van der Waals surface area contributed by atoms with Gasteiger partial charge in [-0.1, -0.05) is 0 Å². The molecule has 0 saturated heterocycles. The first-order valence-electron chi connectivity index (χ1n) is 6.53. The summed E-state index contributed by atoms with van der Waals surface area (Å²) in [5.41, 5.74) is 0.885. The number of nitrogens with zero attached hydrogens (tertiary/aromatic N) is 2. The summed E-state index contributed by atoms with van der Waals surface area (Å²) in [6.45, 7) is 6.15. The van der Waals surface area contributed by atoms with E-state index in [1.165, 1.54) is 18.4 Å². The number of fused-ring (bicyclic) bond motifs is 1. The first-order chi connectivity index (χ1) is 9.14. The topological polar surface area (TPSA) is 57.7 Å². The minimum atomic E-state index is -3.49. The van der Waals surface area contributed by atoms with Gasteiger partial charge < -0.3 is 4.90 Å². The Bertz CT molecular complexity index is 663. The molecule has 0 saturated carbocycles. The third-order valence-electron chi connectivity index (χ3n) is 3.81. The second-order valence-electron chi connectivity index (χ2n) is 5.64. The van der Waals surface area contributed by atoms with Crippen LogP contribution < -0.4 is 4.90 Å². The van der Waals surface area contributed by atoms with Crippen LogP contribution in [-0.2, 0) is 20.2 Å². The summed E-state index contributed by atoms with van der Waals surface area (Å²) in [6, 6.07) is 4.91. The van der Waals surface area contributed by atoms with Gasteiger partial charge in [0.05, 0.1) is 10.3 Å². The molecule has 1 heterocycles. The Labute approximate surface area is 120 Å². The Balaban J connectivity index is 2.65. The van der Waals surface area contributed by atoms with Gasteiger partial charge in [-0.2, -0.15) is 0 Å². The van der Waals surface area contributed by atoms with E-state index in [0.717, 1.165) is 11.3 Å². The van der Waals surface area contributed by atoms with E-state index >= 15 is 0 Å². The number of benzene rings is 1. The zero-order valence-corrected chi connectivity index (χ0v) is 13.3. The van der Waals surface area contributed by atoms with Crippen LogP contribution in [0, 0.1) is 0 Å². The first kappa shape index (κ1) is 15.0. The van der Waals surface area contributed by atoms with Crippen LogP contribution >= 0.6 is 0 Å². The maximum absolute atomic E-state index is 12.4. The maximum atomic E-state index is 12.4. The summed E-state index contributed by atoms with van der Waals surface area (Å²) in [5, 5.41) is 0. The van der Waals surface area contributed by atoms with Crippen LogP contribution in [0.5, 0.6) is 0 Å². The van der Waals surface area contributed by atoms with Crippen molar-refractivity contribution in [2.45, 2.75) is 31.1 Å². The number of amides is 1. The zero-order valence-electron chi connectivity index (χ0n) is 12.5. The lowest BCUT2D eigenvalue weighted by Crippen LogP contribution is -2.35. The number of hydrogen-bond acceptors (Lipinski definition) is 3. The zero-order chi connectivity index (χ0) is 15.3. The Hall–Kier alpha value is -1.40. The number of hydrogen-bond donors (Lipinski definition) is 0. The quantitative estimate of drug-likeness (QED) is 0.851. The van der Waals surface area contributed by atoms with Crippen LogP contribution in [0.15, 0.2) is 23.1 Å². The summed E-state index contributed by atoms with van der Waals surface area (Å²) in [5.74, 6) is 0.00870. The molecule has 110 valence electrons. The molecule has 0 spiro atoms. The highest BCUT2D eigenvalue weighted by Gasteiger charge is 2.43. The SMILES string of the molecule is CCN1C(=O)C(C)(C)c2cc(S(=O)(=O)N(C)C)ccc21. The fourth-order valence-electron chi connectivity index (χ4n) is 2.50. The molecular formula is C14H20N2O3S. The average Bonchev–Trinajstić information content (AvgIpc) is 2.57. The molecule has 0 unspecified atom stereocenters. The van der Waals surface area contributed by atoms with Crippen LogP contribution in [0.25, 0.3) is 0 Å². The minimum absolute atomic E-state index is 0.00870. The Kier molecular flexibility index (Phi) is 3.42. The Morgan fingerprint density at radius 1 is 1.25 bits per heavy atom. The predicted octanol–water partition coefficient (Wildman–Crippen LogP) is 1.58. The molecule has 1 aromatic rings. The number of carbonyl (C=O) groups excluding carboxylic acids is 1. The second-order valence-corrected chi connectivity index (χ2v) is 7.79. The normalized spacial score (nSPS) is 17.7. The number of sulfonamides is 1. The third-order valence-corrected chi connectivity index (χ3v) is 5.62. The van der Waals surface area contributed by atoms with Crippen molar-refractivity contribution < 1.29 is 13.2 Å². The molecule has 0 aromatic heterocycles. The van der Waals surface area contributed by atoms with E-state index in [0.29, 0.717) is 6.54 Å². The second kappa shape index (κ2) is 4.56. The lowest BCUT2D eigenvalue weighted by Gasteiger charge is -2.18. The van der Waals surface area contributed by atoms with Crippen molar-refractivity contribution in [2.24, 2.45) is 0 Å². The Morgan fingerprint density at radius 2 is 1.85 bits per heavy atom. The Morgan fingerprint density at radius 3 is 2.35 bits per heavy atom. The van der Waals surface area contributed by atoms with Crippen LogP contribution in [0.1, 0.15) is 26.3 Å². The fraction of sp³-hybridized carbons (Fsp3) is 0.500. The van der Waals surface area contributed by atoms with Gasteiger partial charge in [0, 0.05) is 26.3 Å². The van der Waals surface area contributed by atoms with Gasteiger partial charge in [0.25, 0.3) is 0 Å². The lowest BCUT2D eigenvalue weighted by atomic mass is 9.86. The van der Waals surface area contributed by atoms with Crippen molar-refractivity contribution in [1.29, 1.82) is 0 Å². The maximum Gasteiger partial charge on any atom is 0.242 e. The van der Waals surface area contributed by atoms with Gasteiger partial charge >= 0.3 is 0 Å². The monoisotopic (exact) mass is 296 g/mol. The summed E-state index contributed by atoms with van der Waals surface area (Å²) >= 11 is 0. The van der Waals surface area contributed by atoms with Crippen molar-refractivity contribution >= 4 is 21.6 Å². The van der Waals surface area contributed by atoms with E-state index in [1.807, 2.05) is 20.8 Å². The van der Waals surface area contributed by atoms with E-state index in [4.69, 9.17) is 0 Å². The third kappa shape index (κ3) is 1.94. The summed E-state index contributed by atoms with van der Waals surface area (Å²) in [6.07, 6.45) is 0. The molecule has 2 rings (SSSR count). The van der Waals surface area contributed by atoms with E-state index in [-0.39, 0.29) is 10.8 Å². The van der Waals surface area contributed by atoms with E-state index in [1.54, 1.807) is 23.1 Å². The summed E-state index contributed by atoms with van der Waals surface area (Å²) in [4.78, 5) is 14.3. The molecule has 1 aliphatic rings. The molecule has 1 aromatic carbocycles. The fourth-order valence-corrected chi connectivity index (χ4v) is 3.43. The van der Waals surface area contributed by atoms with Crippen LogP contribution in [-0.4, -0.2) is 39.3 Å². The molecule has 20 heavy (non-hydrogen) atoms. The van der Waals surface area contributed by atoms with Gasteiger partial charge in [-0.25, -0.2) is 12.7 Å². The molecule has 6 heteroatoms. The van der Waals surface area contributed by atoms with Gasteiger partial charge in [-0.15, -0.1) is 0 Å². The van der Waals surface area contributed by atoms with Gasteiger partial charge in [0.1, 0.15) is 0 Å². The highest BCUT2D eigenvalue weighted by atomic mass is 32.2. The van der Waals surface area contributed by atoms with E-state index in [2.05, 4.69) is 0 Å². The van der Waals surface area contributed by atoms with E-state index in [9.17, 15) is 13.2 Å². The van der Waals surface area contributed by atoms with Crippen LogP contribution in [0.2, 0.25) is 0 Å². The van der Waals surface area contributed by atoms with Crippen molar-refractivity contribution in [2.75, 3.05) is 25.5 Å². The van der Waals surface area contributed by atoms with Gasteiger partial charge in [0.15, 0.2) is 0 Å². The average molecular weight is 296 g/mol. The van der Waals surface area contributed by atoms with Gasteiger partial charge in [-0.3, -0.25) is 4.79 Å². The molecule has 0 N–H and O–H groups in total. The number of anilines is 1. The summed E-state index contributed by atoms with van der Waals surface area (Å²) in [7, 11) is -0.492. The molecule has 1 aliphatic heterocycles. The molecule has 5 nitrogen and oxygen atoms in total. The minimum Gasteiger partial charge on any atom is -0.312 e. The predicted molar refractivity (Wildman–Crippen MR) is 78.4 cm³/mol. The summed E-state index contributed by atoms with van der Waals surface area (Å²) < 4.78 is 25.6. The molecular weight excluding hydrogens is 276 g/mol. The number of carbonyl (C=O) groups is 1. The highest BCUT2D eigenvalue weighted by Crippen LogP contribution is 2.42. The lowest BCUT2D eigenvalue weighted by molar-refractivity contribution is -0.122. The smallest absolute Gasteiger partial charge is 0.242 e. The molecule has 1 amide bonds. The molecule has 0 aliphatic carbocycles. The van der Waals surface area contributed by atoms with Gasteiger partial charge in [0.2, 0.25) is 15.9 Å². The van der Waals surface area contributed by atoms with Crippen LogP contribution in [0.3, 0.4) is 0 Å². The van der Waals surface area contributed by atoms with Gasteiger partial charge in [-0.05, 0) is 44.5 Å². The molecule has 0 atom stereocenters. The first-order valence-corrected chi connectivity index (χ1v) is 7.97.